The van der Waals surface area contributed by atoms with Crippen LogP contribution in [-0.2, 0) is 6.42 Å². The molecule has 5 nitrogen and oxygen atoms in total. The molecule has 3 rings (SSSR count). The van der Waals surface area contributed by atoms with Gasteiger partial charge in [-0.2, -0.15) is 5.21 Å². The predicted molar refractivity (Wildman–Crippen MR) is 73.2 cm³/mol. The molecule has 0 spiro atoms. The van der Waals surface area contributed by atoms with Crippen LogP contribution in [0.25, 0.3) is 0 Å². The van der Waals surface area contributed by atoms with E-state index >= 15 is 0 Å². The summed E-state index contributed by atoms with van der Waals surface area (Å²) in [7, 11) is 0. The van der Waals surface area contributed by atoms with Crippen molar-refractivity contribution in [2.75, 3.05) is 5.32 Å². The van der Waals surface area contributed by atoms with Crippen molar-refractivity contribution in [3.8, 4) is 0 Å². The first kappa shape index (κ1) is 11.4. The molecule has 0 amide bonds. The molecule has 5 heteroatoms. The highest BCUT2D eigenvalue weighted by atomic mass is 15.5. The highest BCUT2D eigenvalue weighted by Gasteiger charge is 2.06. The number of nitrogens with one attached hydrogen (secondary N) is 2. The average Bonchev–Trinajstić information content (AvgIpc) is 2.95. The molecule has 19 heavy (non-hydrogen) atoms. The van der Waals surface area contributed by atoms with Crippen LogP contribution in [0.3, 0.4) is 0 Å². The standard InChI is InChI=1S/C14H13N5/c1-2-7-12(8-3-1)15-13-9-5-4-6-11(13)10-14-16-18-19-17-14/h1-9,15H,10H2,(H,16,17,18,19). The van der Waals surface area contributed by atoms with E-state index in [0.717, 1.165) is 16.9 Å². The Morgan fingerprint density at radius 1 is 0.947 bits per heavy atom. The van der Waals surface area contributed by atoms with Crippen molar-refractivity contribution in [1.82, 2.24) is 20.6 Å². The fourth-order valence-electron chi connectivity index (χ4n) is 1.90. The number of anilines is 2. The number of aromatic amines is 1. The normalized spacial score (nSPS) is 10.3. The second-order valence-electron chi connectivity index (χ2n) is 4.15. The van der Waals surface area contributed by atoms with Crippen LogP contribution in [0, 0.1) is 0 Å². The van der Waals surface area contributed by atoms with Gasteiger partial charge in [-0.25, -0.2) is 0 Å². The predicted octanol–water partition coefficient (Wildman–Crippen LogP) is 2.53. The van der Waals surface area contributed by atoms with Gasteiger partial charge < -0.3 is 5.32 Å². The Morgan fingerprint density at radius 3 is 2.53 bits per heavy atom. The molecule has 2 N–H and O–H groups in total. The number of tetrazole rings is 1. The van der Waals surface area contributed by atoms with E-state index in [0.29, 0.717) is 12.2 Å². The van der Waals surface area contributed by atoms with Crippen molar-refractivity contribution < 1.29 is 0 Å². The Bertz CT molecular complexity index is 634. The summed E-state index contributed by atoms with van der Waals surface area (Å²) in [4.78, 5) is 0. The number of hydrogen-bond donors (Lipinski definition) is 2. The van der Waals surface area contributed by atoms with Crippen molar-refractivity contribution in [3.63, 3.8) is 0 Å². The lowest BCUT2D eigenvalue weighted by molar-refractivity contribution is 0.881. The van der Waals surface area contributed by atoms with E-state index in [4.69, 9.17) is 0 Å². The van der Waals surface area contributed by atoms with Gasteiger partial charge in [0.15, 0.2) is 5.82 Å². The highest BCUT2D eigenvalue weighted by Crippen LogP contribution is 2.21. The van der Waals surface area contributed by atoms with Crippen molar-refractivity contribution >= 4 is 11.4 Å². The summed E-state index contributed by atoms with van der Waals surface area (Å²) < 4.78 is 0. The van der Waals surface area contributed by atoms with Gasteiger partial charge in [-0.3, -0.25) is 0 Å². The van der Waals surface area contributed by atoms with E-state index in [1.165, 1.54) is 0 Å². The van der Waals surface area contributed by atoms with Crippen LogP contribution in [0.5, 0.6) is 0 Å². The molecule has 0 aliphatic heterocycles. The van der Waals surface area contributed by atoms with Gasteiger partial charge >= 0.3 is 0 Å². The summed E-state index contributed by atoms with van der Waals surface area (Å²) in [5.41, 5.74) is 3.24. The summed E-state index contributed by atoms with van der Waals surface area (Å²) in [5.74, 6) is 0.683. The maximum atomic E-state index is 3.98. The Balaban J connectivity index is 1.85. The quantitative estimate of drug-likeness (QED) is 0.747. The zero-order valence-corrected chi connectivity index (χ0v) is 10.2. The van der Waals surface area contributed by atoms with Crippen molar-refractivity contribution in [3.05, 3.63) is 66.0 Å². The number of H-pyrrole nitrogens is 1. The topological polar surface area (TPSA) is 66.5 Å². The van der Waals surface area contributed by atoms with Crippen LogP contribution < -0.4 is 5.32 Å². The van der Waals surface area contributed by atoms with Gasteiger partial charge in [-0.1, -0.05) is 41.6 Å². The number of benzene rings is 2. The largest absolute Gasteiger partial charge is 0.355 e. The summed E-state index contributed by atoms with van der Waals surface area (Å²) >= 11 is 0. The van der Waals surface area contributed by atoms with E-state index in [1.54, 1.807) is 0 Å². The van der Waals surface area contributed by atoms with Gasteiger partial charge in [0.1, 0.15) is 0 Å². The fourth-order valence-corrected chi connectivity index (χ4v) is 1.90. The smallest absolute Gasteiger partial charge is 0.178 e. The van der Waals surface area contributed by atoms with Crippen LogP contribution in [0.15, 0.2) is 54.6 Å². The van der Waals surface area contributed by atoms with Gasteiger partial charge in [0, 0.05) is 17.8 Å². The summed E-state index contributed by atoms with van der Waals surface area (Å²) in [6, 6.07) is 18.2. The molecule has 2 aromatic carbocycles. The van der Waals surface area contributed by atoms with Gasteiger partial charge in [0.05, 0.1) is 0 Å². The van der Waals surface area contributed by atoms with Gasteiger partial charge in [0.2, 0.25) is 0 Å². The Labute approximate surface area is 110 Å². The molecule has 0 radical (unpaired) electrons. The molecule has 0 saturated heterocycles. The second-order valence-corrected chi connectivity index (χ2v) is 4.15. The Morgan fingerprint density at radius 2 is 1.74 bits per heavy atom. The maximum absolute atomic E-state index is 3.98. The highest BCUT2D eigenvalue weighted by molar-refractivity contribution is 5.63. The lowest BCUT2D eigenvalue weighted by Crippen LogP contribution is -1.98. The van der Waals surface area contributed by atoms with Crippen molar-refractivity contribution in [1.29, 1.82) is 0 Å². The van der Waals surface area contributed by atoms with E-state index in [1.807, 2.05) is 48.5 Å². The molecule has 0 atom stereocenters. The third-order valence-electron chi connectivity index (χ3n) is 2.81. The second kappa shape index (κ2) is 5.30. The van der Waals surface area contributed by atoms with Crippen molar-refractivity contribution in [2.24, 2.45) is 0 Å². The lowest BCUT2D eigenvalue weighted by atomic mass is 10.1. The number of rotatable bonds is 4. The first-order valence-electron chi connectivity index (χ1n) is 6.04. The van der Waals surface area contributed by atoms with Gasteiger partial charge in [0.25, 0.3) is 0 Å². The Hall–Kier alpha value is -2.69. The zero-order valence-electron chi connectivity index (χ0n) is 10.2. The van der Waals surface area contributed by atoms with E-state index in [9.17, 15) is 0 Å². The van der Waals surface area contributed by atoms with Crippen LogP contribution >= 0.6 is 0 Å². The van der Waals surface area contributed by atoms with E-state index in [2.05, 4.69) is 32.0 Å². The summed E-state index contributed by atoms with van der Waals surface area (Å²) in [6.07, 6.45) is 0.645. The average molecular weight is 251 g/mol. The van der Waals surface area contributed by atoms with E-state index < -0.39 is 0 Å². The fraction of sp³-hybridized carbons (Fsp3) is 0.0714. The van der Waals surface area contributed by atoms with Gasteiger partial charge in [-0.15, -0.1) is 10.2 Å². The van der Waals surface area contributed by atoms with Crippen LogP contribution in [0.1, 0.15) is 11.4 Å². The first-order valence-corrected chi connectivity index (χ1v) is 6.04. The molecule has 0 unspecified atom stereocenters. The first-order chi connectivity index (χ1) is 9.42. The minimum absolute atomic E-state index is 0.645. The molecule has 0 bridgehead atoms. The molecular weight excluding hydrogens is 238 g/mol. The summed E-state index contributed by atoms with van der Waals surface area (Å²) in [6.45, 7) is 0. The number of hydrogen-bond acceptors (Lipinski definition) is 4. The Kier molecular flexibility index (Phi) is 3.18. The maximum Gasteiger partial charge on any atom is 0.178 e. The minimum Gasteiger partial charge on any atom is -0.355 e. The number of nitrogens with zero attached hydrogens (tertiary/aromatic N) is 3. The third-order valence-corrected chi connectivity index (χ3v) is 2.81. The lowest BCUT2D eigenvalue weighted by Gasteiger charge is -2.10. The summed E-state index contributed by atoms with van der Waals surface area (Å²) in [5, 5.41) is 17.4. The van der Waals surface area contributed by atoms with Crippen LogP contribution in [0.4, 0.5) is 11.4 Å². The number of para-hydroxylation sites is 2. The molecule has 1 heterocycles. The molecule has 0 aliphatic rings. The molecule has 1 aromatic heterocycles. The van der Waals surface area contributed by atoms with Gasteiger partial charge in [-0.05, 0) is 23.8 Å². The minimum atomic E-state index is 0.645. The SMILES string of the molecule is c1ccc(Nc2ccccc2Cc2nn[nH]n2)cc1. The van der Waals surface area contributed by atoms with Crippen molar-refractivity contribution in [2.45, 2.75) is 6.42 Å². The monoisotopic (exact) mass is 251 g/mol. The molecule has 0 aliphatic carbocycles. The van der Waals surface area contributed by atoms with Crippen LogP contribution in [0.2, 0.25) is 0 Å². The zero-order chi connectivity index (χ0) is 12.9. The van der Waals surface area contributed by atoms with Crippen LogP contribution in [-0.4, -0.2) is 20.6 Å². The van der Waals surface area contributed by atoms with E-state index in [-0.39, 0.29) is 0 Å². The molecule has 94 valence electrons. The molecular formula is C14H13N5. The molecule has 0 fully saturated rings. The molecule has 3 aromatic rings. The third kappa shape index (κ3) is 2.77. The molecule has 0 saturated carbocycles. The number of aromatic nitrogens is 4.